The number of fused-ring (bicyclic) bond motifs is 1. The third-order valence-electron chi connectivity index (χ3n) is 5.37. The van der Waals surface area contributed by atoms with Crippen molar-refractivity contribution in [2.45, 2.75) is 19.4 Å². The largest absolute Gasteiger partial charge is 0.497 e. The van der Waals surface area contributed by atoms with E-state index in [0.717, 1.165) is 12.3 Å². The Bertz CT molecular complexity index is 682. The van der Waals surface area contributed by atoms with Crippen LogP contribution in [0.25, 0.3) is 10.8 Å². The monoisotopic (exact) mass is 332 g/mol. The number of halogens is 1. The molecule has 1 atom stereocenters. The van der Waals surface area contributed by atoms with Crippen molar-refractivity contribution in [1.82, 2.24) is 10.2 Å². The summed E-state index contributed by atoms with van der Waals surface area (Å²) in [6.07, 6.45) is 2.70. The van der Waals surface area contributed by atoms with E-state index in [1.165, 1.54) is 55.4 Å². The van der Waals surface area contributed by atoms with Gasteiger partial charge >= 0.3 is 0 Å². The molecule has 2 fully saturated rings. The molecule has 1 N–H and O–H groups in total. The fraction of sp³-hybridized carbons (Fsp3) is 0.474. The third kappa shape index (κ3) is 3.32. The molecule has 0 aliphatic carbocycles. The highest BCUT2D eigenvalue weighted by Crippen LogP contribution is 2.36. The van der Waals surface area contributed by atoms with Gasteiger partial charge in [-0.25, -0.2) is 0 Å². The molecule has 0 bridgehead atoms. The van der Waals surface area contributed by atoms with Crippen molar-refractivity contribution < 1.29 is 4.74 Å². The smallest absolute Gasteiger partial charge is 0.119 e. The fourth-order valence-corrected chi connectivity index (χ4v) is 4.06. The van der Waals surface area contributed by atoms with Gasteiger partial charge in [0.25, 0.3) is 0 Å². The van der Waals surface area contributed by atoms with Crippen molar-refractivity contribution in [3.8, 4) is 5.75 Å². The first-order valence-corrected chi connectivity index (χ1v) is 8.26. The molecule has 2 aliphatic heterocycles. The molecule has 0 radical (unpaired) electrons. The minimum Gasteiger partial charge on any atom is -0.497 e. The van der Waals surface area contributed by atoms with Crippen molar-refractivity contribution in [3.63, 3.8) is 0 Å². The summed E-state index contributed by atoms with van der Waals surface area (Å²) in [5, 5.41) is 6.09. The molecule has 1 unspecified atom stereocenters. The lowest BCUT2D eigenvalue weighted by Gasteiger charge is -2.23. The van der Waals surface area contributed by atoms with Gasteiger partial charge in [-0.05, 0) is 65.9 Å². The Morgan fingerprint density at radius 1 is 1.13 bits per heavy atom. The van der Waals surface area contributed by atoms with Gasteiger partial charge < -0.3 is 10.1 Å². The second kappa shape index (κ2) is 6.68. The summed E-state index contributed by atoms with van der Waals surface area (Å²) < 4.78 is 5.30. The Hall–Kier alpha value is -1.29. The zero-order chi connectivity index (χ0) is 15.0. The highest BCUT2D eigenvalue weighted by molar-refractivity contribution is 5.85. The molecule has 2 heterocycles. The second-order valence-corrected chi connectivity index (χ2v) is 6.93. The summed E-state index contributed by atoms with van der Waals surface area (Å²) >= 11 is 0. The first-order valence-electron chi connectivity index (χ1n) is 8.26. The first kappa shape index (κ1) is 16.6. The molecule has 1 spiro atoms. The summed E-state index contributed by atoms with van der Waals surface area (Å²) in [4.78, 5) is 2.62. The SMILES string of the molecule is COc1ccc2cc(CN3CCC4(CCNC4)C3)ccc2c1.Cl. The third-order valence-corrected chi connectivity index (χ3v) is 5.37. The molecule has 2 saturated heterocycles. The standard InChI is InChI=1S/C19H24N2O.ClH/c1-22-18-5-4-16-10-15(2-3-17(16)11-18)12-21-9-7-19(14-21)6-8-20-13-19;/h2-5,10-11,20H,6-9,12-14H2,1H3;1H. The molecular weight excluding hydrogens is 308 g/mol. The van der Waals surface area contributed by atoms with Gasteiger partial charge in [-0.1, -0.05) is 18.2 Å². The van der Waals surface area contributed by atoms with E-state index in [2.05, 4.69) is 40.5 Å². The topological polar surface area (TPSA) is 24.5 Å². The summed E-state index contributed by atoms with van der Waals surface area (Å²) in [6.45, 7) is 5.97. The summed E-state index contributed by atoms with van der Waals surface area (Å²) in [6, 6.07) is 13.1. The molecule has 3 nitrogen and oxygen atoms in total. The quantitative estimate of drug-likeness (QED) is 0.931. The second-order valence-electron chi connectivity index (χ2n) is 6.93. The number of hydrogen-bond donors (Lipinski definition) is 1. The average Bonchev–Trinajstić information content (AvgIpc) is 3.17. The summed E-state index contributed by atoms with van der Waals surface area (Å²) in [5.41, 5.74) is 1.98. The highest BCUT2D eigenvalue weighted by Gasteiger charge is 2.39. The lowest BCUT2D eigenvalue weighted by Crippen LogP contribution is -2.28. The zero-order valence-corrected chi connectivity index (χ0v) is 14.5. The van der Waals surface area contributed by atoms with E-state index in [1.807, 2.05) is 6.07 Å². The maximum atomic E-state index is 5.30. The van der Waals surface area contributed by atoms with E-state index < -0.39 is 0 Å². The van der Waals surface area contributed by atoms with Gasteiger partial charge in [0.15, 0.2) is 0 Å². The average molecular weight is 333 g/mol. The van der Waals surface area contributed by atoms with E-state index in [9.17, 15) is 0 Å². The molecule has 124 valence electrons. The van der Waals surface area contributed by atoms with Crippen LogP contribution < -0.4 is 10.1 Å². The van der Waals surface area contributed by atoms with Crippen LogP contribution in [0.4, 0.5) is 0 Å². The van der Waals surface area contributed by atoms with Crippen LogP contribution in [0, 0.1) is 5.41 Å². The van der Waals surface area contributed by atoms with Crippen LogP contribution >= 0.6 is 12.4 Å². The Morgan fingerprint density at radius 3 is 2.74 bits per heavy atom. The highest BCUT2D eigenvalue weighted by atomic mass is 35.5. The number of nitrogens with one attached hydrogen (secondary N) is 1. The van der Waals surface area contributed by atoms with Crippen molar-refractivity contribution in [3.05, 3.63) is 42.0 Å². The molecule has 2 aromatic rings. The maximum Gasteiger partial charge on any atom is 0.119 e. The zero-order valence-electron chi connectivity index (χ0n) is 13.7. The Morgan fingerprint density at radius 2 is 1.96 bits per heavy atom. The van der Waals surface area contributed by atoms with Gasteiger partial charge in [0.2, 0.25) is 0 Å². The molecule has 4 rings (SSSR count). The van der Waals surface area contributed by atoms with Crippen molar-refractivity contribution >= 4 is 23.2 Å². The van der Waals surface area contributed by atoms with E-state index in [4.69, 9.17) is 4.74 Å². The number of methoxy groups -OCH3 is 1. The number of hydrogen-bond acceptors (Lipinski definition) is 3. The maximum absolute atomic E-state index is 5.30. The Balaban J connectivity index is 0.00000156. The Labute approximate surface area is 144 Å². The minimum absolute atomic E-state index is 0. The van der Waals surface area contributed by atoms with E-state index >= 15 is 0 Å². The lowest BCUT2D eigenvalue weighted by atomic mass is 9.86. The number of ether oxygens (including phenoxy) is 1. The predicted molar refractivity (Wildman–Crippen MR) is 97.6 cm³/mol. The van der Waals surface area contributed by atoms with Crippen molar-refractivity contribution in [2.24, 2.45) is 5.41 Å². The molecule has 4 heteroatoms. The van der Waals surface area contributed by atoms with Gasteiger partial charge in [-0.2, -0.15) is 0 Å². The molecule has 23 heavy (non-hydrogen) atoms. The molecular formula is C19H25ClN2O. The number of nitrogens with zero attached hydrogens (tertiary/aromatic N) is 1. The van der Waals surface area contributed by atoms with E-state index in [1.54, 1.807) is 7.11 Å². The van der Waals surface area contributed by atoms with Crippen LogP contribution in [-0.4, -0.2) is 38.2 Å². The van der Waals surface area contributed by atoms with Gasteiger partial charge in [0.05, 0.1) is 7.11 Å². The molecule has 2 aromatic carbocycles. The van der Waals surface area contributed by atoms with Crippen LogP contribution in [0.5, 0.6) is 5.75 Å². The minimum atomic E-state index is 0. The number of likely N-dealkylation sites (tertiary alicyclic amines) is 1. The van der Waals surface area contributed by atoms with Crippen LogP contribution in [0.3, 0.4) is 0 Å². The van der Waals surface area contributed by atoms with Crippen LogP contribution in [0.2, 0.25) is 0 Å². The lowest BCUT2D eigenvalue weighted by molar-refractivity contribution is 0.269. The summed E-state index contributed by atoms with van der Waals surface area (Å²) in [5.74, 6) is 0.926. The molecule has 0 aromatic heterocycles. The molecule has 0 amide bonds. The van der Waals surface area contributed by atoms with Crippen LogP contribution in [0.1, 0.15) is 18.4 Å². The van der Waals surface area contributed by atoms with Gasteiger partial charge in [-0.15, -0.1) is 12.4 Å². The van der Waals surface area contributed by atoms with E-state index in [-0.39, 0.29) is 12.4 Å². The summed E-state index contributed by atoms with van der Waals surface area (Å²) in [7, 11) is 1.72. The van der Waals surface area contributed by atoms with Crippen LogP contribution in [0.15, 0.2) is 36.4 Å². The van der Waals surface area contributed by atoms with Crippen LogP contribution in [-0.2, 0) is 6.54 Å². The van der Waals surface area contributed by atoms with E-state index in [0.29, 0.717) is 5.41 Å². The molecule has 0 saturated carbocycles. The van der Waals surface area contributed by atoms with Crippen molar-refractivity contribution in [2.75, 3.05) is 33.3 Å². The normalized spacial score (nSPS) is 24.2. The van der Waals surface area contributed by atoms with Gasteiger partial charge in [-0.3, -0.25) is 4.90 Å². The predicted octanol–water partition coefficient (Wildman–Crippen LogP) is 3.46. The van der Waals surface area contributed by atoms with Gasteiger partial charge in [0, 0.05) is 19.6 Å². The Kier molecular flexibility index (Phi) is 4.81. The van der Waals surface area contributed by atoms with Crippen molar-refractivity contribution in [1.29, 1.82) is 0 Å². The van der Waals surface area contributed by atoms with Gasteiger partial charge in [0.1, 0.15) is 5.75 Å². The number of benzene rings is 2. The number of rotatable bonds is 3. The fourth-order valence-electron chi connectivity index (χ4n) is 4.06. The molecule has 2 aliphatic rings. The first-order chi connectivity index (χ1) is 10.8.